The summed E-state index contributed by atoms with van der Waals surface area (Å²) in [6.45, 7) is -0.0145. The topological polar surface area (TPSA) is 41.5 Å². The third-order valence-corrected chi connectivity index (χ3v) is 3.61. The Hall–Kier alpha value is -2.14. The normalized spacial score (nSPS) is 12.3. The van der Waals surface area contributed by atoms with Crippen molar-refractivity contribution >= 4 is 0 Å². The van der Waals surface area contributed by atoms with Gasteiger partial charge in [-0.3, -0.25) is 0 Å². The Morgan fingerprint density at radius 3 is 2.22 bits per heavy atom. The molecule has 0 aliphatic carbocycles. The number of alkyl halides is 2. The number of aryl methyl sites for hydroxylation is 1. The molecule has 3 nitrogen and oxygen atoms in total. The van der Waals surface area contributed by atoms with Crippen LogP contribution in [0.5, 0.6) is 11.5 Å². The molecule has 0 saturated carbocycles. The lowest BCUT2D eigenvalue weighted by atomic mass is 10.1. The van der Waals surface area contributed by atoms with E-state index in [0.717, 1.165) is 18.4 Å². The van der Waals surface area contributed by atoms with Crippen molar-refractivity contribution in [2.24, 2.45) is 0 Å². The molecule has 124 valence electrons. The highest BCUT2D eigenvalue weighted by molar-refractivity contribution is 5.27. The van der Waals surface area contributed by atoms with Crippen molar-refractivity contribution < 1.29 is 18.6 Å². The largest absolute Gasteiger partial charge is 0.508 e. The molecule has 0 amide bonds. The lowest BCUT2D eigenvalue weighted by Crippen LogP contribution is -2.25. The van der Waals surface area contributed by atoms with Crippen LogP contribution in [0.15, 0.2) is 48.5 Å². The van der Waals surface area contributed by atoms with E-state index < -0.39 is 6.61 Å². The zero-order valence-corrected chi connectivity index (χ0v) is 13.0. The van der Waals surface area contributed by atoms with E-state index in [9.17, 15) is 13.9 Å². The molecule has 0 aliphatic rings. The monoisotopic (exact) mass is 321 g/mol. The molecule has 2 rings (SSSR count). The Morgan fingerprint density at radius 1 is 1.00 bits per heavy atom. The quantitative estimate of drug-likeness (QED) is 0.769. The number of phenols is 1. The van der Waals surface area contributed by atoms with E-state index in [4.69, 9.17) is 0 Å². The molecule has 1 atom stereocenters. The zero-order valence-electron chi connectivity index (χ0n) is 13.0. The van der Waals surface area contributed by atoms with Crippen LogP contribution in [0.2, 0.25) is 0 Å². The Kier molecular flexibility index (Phi) is 6.35. The summed E-state index contributed by atoms with van der Waals surface area (Å²) in [5.41, 5.74) is 2.20. The summed E-state index contributed by atoms with van der Waals surface area (Å²) in [5, 5.41) is 12.7. The molecule has 0 aliphatic heterocycles. The van der Waals surface area contributed by atoms with Gasteiger partial charge in [-0.2, -0.15) is 8.78 Å². The van der Waals surface area contributed by atoms with E-state index in [1.54, 1.807) is 36.4 Å². The van der Waals surface area contributed by atoms with E-state index >= 15 is 0 Å². The molecule has 5 heteroatoms. The van der Waals surface area contributed by atoms with E-state index in [1.165, 1.54) is 5.56 Å². The smallest absolute Gasteiger partial charge is 0.387 e. The molecule has 2 N–H and O–H groups in total. The standard InChI is InChI=1S/C18H21F2NO2/c1-13(2-3-14-4-8-16(22)9-5-14)21-12-15-6-10-17(11-7-15)23-18(19)20/h4-11,13,18,21-22H,2-3,12H2,1H3. The second-order valence-electron chi connectivity index (χ2n) is 5.51. The minimum Gasteiger partial charge on any atom is -0.508 e. The Bertz CT molecular complexity index is 585. The lowest BCUT2D eigenvalue weighted by molar-refractivity contribution is -0.0498. The van der Waals surface area contributed by atoms with Crippen molar-refractivity contribution in [3.05, 3.63) is 59.7 Å². The zero-order chi connectivity index (χ0) is 16.7. The number of ether oxygens (including phenoxy) is 1. The third kappa shape index (κ3) is 6.24. The number of hydrogen-bond donors (Lipinski definition) is 2. The van der Waals surface area contributed by atoms with Crippen molar-refractivity contribution in [2.45, 2.75) is 39.0 Å². The van der Waals surface area contributed by atoms with Gasteiger partial charge in [-0.05, 0) is 55.2 Å². The maximum Gasteiger partial charge on any atom is 0.387 e. The summed E-state index contributed by atoms with van der Waals surface area (Å²) in [7, 11) is 0. The van der Waals surface area contributed by atoms with Crippen molar-refractivity contribution in [3.8, 4) is 11.5 Å². The molecule has 2 aromatic carbocycles. The molecule has 23 heavy (non-hydrogen) atoms. The van der Waals surface area contributed by atoms with E-state index in [0.29, 0.717) is 12.6 Å². The second kappa shape index (κ2) is 8.48. The molecule has 0 radical (unpaired) electrons. The molecule has 1 unspecified atom stereocenters. The number of phenolic OH excluding ortho intramolecular Hbond substituents is 1. The van der Waals surface area contributed by atoms with Crippen LogP contribution in [0.25, 0.3) is 0 Å². The van der Waals surface area contributed by atoms with Crippen LogP contribution >= 0.6 is 0 Å². The van der Waals surface area contributed by atoms with Crippen LogP contribution in [0, 0.1) is 0 Å². The number of halogens is 2. The molecular weight excluding hydrogens is 300 g/mol. The summed E-state index contributed by atoms with van der Waals surface area (Å²) >= 11 is 0. The highest BCUT2D eigenvalue weighted by atomic mass is 19.3. The fourth-order valence-corrected chi connectivity index (χ4v) is 2.23. The van der Waals surface area contributed by atoms with Crippen molar-refractivity contribution in [2.75, 3.05) is 0 Å². The SMILES string of the molecule is CC(CCc1ccc(O)cc1)NCc1ccc(OC(F)F)cc1. The minimum absolute atomic E-state index is 0.170. The van der Waals surface area contributed by atoms with Crippen LogP contribution in [0.1, 0.15) is 24.5 Å². The number of benzene rings is 2. The van der Waals surface area contributed by atoms with Crippen LogP contribution in [0.3, 0.4) is 0 Å². The van der Waals surface area contributed by atoms with Gasteiger partial charge in [0.15, 0.2) is 0 Å². The van der Waals surface area contributed by atoms with Gasteiger partial charge in [-0.15, -0.1) is 0 Å². The summed E-state index contributed by atoms with van der Waals surface area (Å²) in [5.74, 6) is 0.448. The Balaban J connectivity index is 1.73. The van der Waals surface area contributed by atoms with Gasteiger partial charge >= 0.3 is 6.61 Å². The molecule has 0 spiro atoms. The predicted octanol–water partition coefficient (Wildman–Crippen LogP) is 4.10. The van der Waals surface area contributed by atoms with E-state index in [1.807, 2.05) is 12.1 Å². The van der Waals surface area contributed by atoms with Crippen LogP contribution in [0.4, 0.5) is 8.78 Å². The molecule has 0 bridgehead atoms. The molecule has 2 aromatic rings. The molecule has 0 fully saturated rings. The Labute approximate surface area is 134 Å². The van der Waals surface area contributed by atoms with Gasteiger partial charge in [0.2, 0.25) is 0 Å². The molecular formula is C18H21F2NO2. The van der Waals surface area contributed by atoms with Crippen molar-refractivity contribution in [3.63, 3.8) is 0 Å². The first-order chi connectivity index (χ1) is 11.0. The first-order valence-electron chi connectivity index (χ1n) is 7.58. The number of aromatic hydroxyl groups is 1. The van der Waals surface area contributed by atoms with Gasteiger partial charge < -0.3 is 15.2 Å². The number of nitrogens with one attached hydrogen (secondary N) is 1. The number of hydrogen-bond acceptors (Lipinski definition) is 3. The molecule has 0 heterocycles. The average Bonchev–Trinajstić information content (AvgIpc) is 2.53. The number of rotatable bonds is 8. The molecule has 0 saturated heterocycles. The second-order valence-corrected chi connectivity index (χ2v) is 5.51. The fourth-order valence-electron chi connectivity index (χ4n) is 2.23. The van der Waals surface area contributed by atoms with Gasteiger partial charge in [0.1, 0.15) is 11.5 Å². The summed E-state index contributed by atoms with van der Waals surface area (Å²) in [6, 6.07) is 14.2. The first-order valence-corrected chi connectivity index (χ1v) is 7.58. The van der Waals surface area contributed by atoms with Crippen LogP contribution in [-0.4, -0.2) is 17.8 Å². The van der Waals surface area contributed by atoms with Crippen LogP contribution < -0.4 is 10.1 Å². The van der Waals surface area contributed by atoms with Gasteiger partial charge in [0, 0.05) is 12.6 Å². The van der Waals surface area contributed by atoms with Gasteiger partial charge in [0.25, 0.3) is 0 Å². The Morgan fingerprint density at radius 2 is 1.61 bits per heavy atom. The summed E-state index contributed by atoms with van der Waals surface area (Å²) < 4.78 is 28.5. The van der Waals surface area contributed by atoms with E-state index in [2.05, 4.69) is 17.0 Å². The lowest BCUT2D eigenvalue weighted by Gasteiger charge is -2.14. The first kappa shape index (κ1) is 17.2. The average molecular weight is 321 g/mol. The fraction of sp³-hybridized carbons (Fsp3) is 0.333. The van der Waals surface area contributed by atoms with Gasteiger partial charge in [-0.1, -0.05) is 24.3 Å². The van der Waals surface area contributed by atoms with Crippen LogP contribution in [-0.2, 0) is 13.0 Å². The third-order valence-electron chi connectivity index (χ3n) is 3.61. The predicted molar refractivity (Wildman–Crippen MR) is 85.8 cm³/mol. The highest BCUT2D eigenvalue weighted by Gasteiger charge is 2.05. The summed E-state index contributed by atoms with van der Waals surface area (Å²) in [6.07, 6.45) is 1.90. The van der Waals surface area contributed by atoms with Gasteiger partial charge in [-0.25, -0.2) is 0 Å². The van der Waals surface area contributed by atoms with Crippen molar-refractivity contribution in [1.82, 2.24) is 5.32 Å². The van der Waals surface area contributed by atoms with E-state index in [-0.39, 0.29) is 11.5 Å². The summed E-state index contributed by atoms with van der Waals surface area (Å²) in [4.78, 5) is 0. The van der Waals surface area contributed by atoms with Gasteiger partial charge in [0.05, 0.1) is 0 Å². The minimum atomic E-state index is -2.79. The highest BCUT2D eigenvalue weighted by Crippen LogP contribution is 2.15. The van der Waals surface area contributed by atoms with Crippen molar-refractivity contribution in [1.29, 1.82) is 0 Å². The maximum atomic E-state index is 12.1. The maximum absolute atomic E-state index is 12.1. The molecule has 0 aromatic heterocycles.